The number of nitrogens with one attached hydrogen (secondary N) is 1. The lowest BCUT2D eigenvalue weighted by atomic mass is 10.1. The van der Waals surface area contributed by atoms with Gasteiger partial charge in [0.05, 0.1) is 10.0 Å². The monoisotopic (exact) mass is 452 g/mol. The number of hydrogen-bond acceptors (Lipinski definition) is 4. The lowest BCUT2D eigenvalue weighted by molar-refractivity contribution is -0.114. The number of unbranched alkanes of at least 4 members (excludes halogenated alkanes) is 1. The Labute approximate surface area is 185 Å². The average Bonchev–Trinajstić information content (AvgIpc) is 2.67. The second-order valence-corrected chi connectivity index (χ2v) is 8.16. The Morgan fingerprint density at radius 1 is 1.27 bits per heavy atom. The molecule has 1 aromatic heterocycles. The molecule has 0 aliphatic carbocycles. The van der Waals surface area contributed by atoms with Crippen LogP contribution in [0.5, 0.6) is 0 Å². The Bertz CT molecular complexity index is 1060. The summed E-state index contributed by atoms with van der Waals surface area (Å²) in [6.07, 6.45) is 4.48. The normalized spacial score (nSPS) is 11.4. The van der Waals surface area contributed by atoms with Gasteiger partial charge in [-0.05, 0) is 36.1 Å². The predicted molar refractivity (Wildman–Crippen MR) is 123 cm³/mol. The van der Waals surface area contributed by atoms with Gasteiger partial charge in [0.15, 0.2) is 5.69 Å². The Morgan fingerprint density at radius 3 is 2.57 bits per heavy atom. The van der Waals surface area contributed by atoms with Crippen molar-refractivity contribution in [3.05, 3.63) is 60.7 Å². The molecular formula is C21H26Cl2N4O3. The summed E-state index contributed by atoms with van der Waals surface area (Å²) in [6.45, 7) is 6.43. The van der Waals surface area contributed by atoms with Gasteiger partial charge in [0.1, 0.15) is 5.82 Å². The van der Waals surface area contributed by atoms with Gasteiger partial charge in [-0.25, -0.2) is 4.79 Å². The molecule has 0 unspecified atom stereocenters. The van der Waals surface area contributed by atoms with Crippen LogP contribution >= 0.6 is 23.2 Å². The van der Waals surface area contributed by atoms with Crippen molar-refractivity contribution in [2.45, 2.75) is 40.2 Å². The minimum absolute atomic E-state index is 0.0193. The van der Waals surface area contributed by atoms with Crippen molar-refractivity contribution in [3.8, 4) is 0 Å². The van der Waals surface area contributed by atoms with Crippen LogP contribution in [-0.4, -0.2) is 22.0 Å². The standard InChI is InChI=1S/C21H26Cl2N4O3/c1-4-5-10-26-19(24)18(20(29)25-21(26)30)27(12-13(2)3)17(28)9-7-14-6-8-15(22)16(23)11-14/h6-9,11,13H,4-5,10,12,24H2,1-3H3,(H,25,29,30)/b9-7+. The fraction of sp³-hybridized carbons (Fsp3) is 0.381. The molecule has 0 fully saturated rings. The number of rotatable bonds is 8. The summed E-state index contributed by atoms with van der Waals surface area (Å²) in [6, 6.07) is 4.98. The lowest BCUT2D eigenvalue weighted by Gasteiger charge is -2.25. The predicted octanol–water partition coefficient (Wildman–Crippen LogP) is 3.93. The van der Waals surface area contributed by atoms with Gasteiger partial charge >= 0.3 is 5.69 Å². The Kier molecular flexibility index (Phi) is 8.32. The fourth-order valence-electron chi connectivity index (χ4n) is 2.91. The highest BCUT2D eigenvalue weighted by Crippen LogP contribution is 2.24. The van der Waals surface area contributed by atoms with Crippen LogP contribution < -0.4 is 21.9 Å². The summed E-state index contributed by atoms with van der Waals surface area (Å²) in [5, 5.41) is 0.782. The number of nitrogens with two attached hydrogens (primary N) is 1. The van der Waals surface area contributed by atoms with E-state index in [2.05, 4.69) is 4.98 Å². The smallest absolute Gasteiger partial charge is 0.330 e. The minimum atomic E-state index is -0.692. The third kappa shape index (κ3) is 5.77. The topological polar surface area (TPSA) is 101 Å². The highest BCUT2D eigenvalue weighted by atomic mass is 35.5. The van der Waals surface area contributed by atoms with Crippen LogP contribution in [0, 0.1) is 5.92 Å². The van der Waals surface area contributed by atoms with Crippen LogP contribution in [0.4, 0.5) is 11.5 Å². The van der Waals surface area contributed by atoms with Gasteiger partial charge < -0.3 is 10.6 Å². The summed E-state index contributed by atoms with van der Waals surface area (Å²) in [4.78, 5) is 41.3. The summed E-state index contributed by atoms with van der Waals surface area (Å²) in [7, 11) is 0. The second-order valence-electron chi connectivity index (χ2n) is 7.35. The van der Waals surface area contributed by atoms with Crippen LogP contribution in [0.2, 0.25) is 10.0 Å². The van der Waals surface area contributed by atoms with Crippen LogP contribution in [0.3, 0.4) is 0 Å². The van der Waals surface area contributed by atoms with E-state index in [1.165, 1.54) is 15.5 Å². The quantitative estimate of drug-likeness (QED) is 0.592. The van der Waals surface area contributed by atoms with Crippen molar-refractivity contribution in [1.29, 1.82) is 0 Å². The van der Waals surface area contributed by atoms with Crippen molar-refractivity contribution in [3.63, 3.8) is 0 Å². The van der Waals surface area contributed by atoms with Crippen molar-refractivity contribution in [2.24, 2.45) is 5.92 Å². The summed E-state index contributed by atoms with van der Waals surface area (Å²) < 4.78 is 1.30. The maximum absolute atomic E-state index is 13.0. The number of nitrogens with zero attached hydrogens (tertiary/aromatic N) is 2. The number of aromatic nitrogens is 2. The van der Waals surface area contributed by atoms with Crippen molar-refractivity contribution in [1.82, 2.24) is 9.55 Å². The molecule has 0 radical (unpaired) electrons. The Hall–Kier alpha value is -2.51. The van der Waals surface area contributed by atoms with Gasteiger partial charge in [0.25, 0.3) is 11.5 Å². The van der Waals surface area contributed by atoms with Gasteiger partial charge in [-0.3, -0.25) is 19.1 Å². The van der Waals surface area contributed by atoms with E-state index in [4.69, 9.17) is 28.9 Å². The van der Waals surface area contributed by atoms with Crippen molar-refractivity contribution >= 4 is 46.7 Å². The number of H-pyrrole nitrogens is 1. The Balaban J connectivity index is 2.47. The Morgan fingerprint density at radius 2 is 1.97 bits per heavy atom. The fourth-order valence-corrected chi connectivity index (χ4v) is 3.21. The highest BCUT2D eigenvalue weighted by Gasteiger charge is 2.23. The van der Waals surface area contributed by atoms with E-state index in [-0.39, 0.29) is 24.0 Å². The first-order valence-corrected chi connectivity index (χ1v) is 10.5. The minimum Gasteiger partial charge on any atom is -0.383 e. The zero-order valence-corrected chi connectivity index (χ0v) is 18.8. The number of amides is 1. The van der Waals surface area contributed by atoms with Gasteiger partial charge in [-0.2, -0.15) is 0 Å². The molecule has 1 amide bonds. The van der Waals surface area contributed by atoms with Gasteiger partial charge in [0, 0.05) is 19.2 Å². The molecule has 0 saturated carbocycles. The third-order valence-corrected chi connectivity index (χ3v) is 5.13. The van der Waals surface area contributed by atoms with Crippen molar-refractivity contribution in [2.75, 3.05) is 17.2 Å². The molecule has 1 aromatic carbocycles. The molecule has 7 nitrogen and oxygen atoms in total. The number of hydrogen-bond donors (Lipinski definition) is 2. The molecular weight excluding hydrogens is 427 g/mol. The number of nitrogen functional groups attached to an aromatic ring is 1. The molecule has 0 aliphatic heterocycles. The zero-order chi connectivity index (χ0) is 22.4. The largest absolute Gasteiger partial charge is 0.383 e. The summed E-state index contributed by atoms with van der Waals surface area (Å²) in [5.41, 5.74) is 5.55. The molecule has 3 N–H and O–H groups in total. The molecule has 30 heavy (non-hydrogen) atoms. The molecule has 1 heterocycles. The van der Waals surface area contributed by atoms with Crippen molar-refractivity contribution < 1.29 is 4.79 Å². The number of halogens is 2. The number of benzene rings is 1. The number of anilines is 2. The second kappa shape index (κ2) is 10.5. The van der Waals surface area contributed by atoms with Gasteiger partial charge in [-0.15, -0.1) is 0 Å². The maximum Gasteiger partial charge on any atom is 0.330 e. The third-order valence-electron chi connectivity index (χ3n) is 4.40. The molecule has 2 aromatic rings. The van der Waals surface area contributed by atoms with E-state index in [0.29, 0.717) is 28.6 Å². The van der Waals surface area contributed by atoms with Crippen LogP contribution in [-0.2, 0) is 11.3 Å². The van der Waals surface area contributed by atoms with Crippen LogP contribution in [0.15, 0.2) is 33.9 Å². The van der Waals surface area contributed by atoms with E-state index in [1.807, 2.05) is 20.8 Å². The van der Waals surface area contributed by atoms with E-state index in [9.17, 15) is 14.4 Å². The molecule has 9 heteroatoms. The van der Waals surface area contributed by atoms with Crippen LogP contribution in [0.1, 0.15) is 39.2 Å². The SMILES string of the molecule is CCCCn1c(N)c(N(CC(C)C)C(=O)/C=C/c2ccc(Cl)c(Cl)c2)c(=O)[nH]c1=O. The van der Waals surface area contributed by atoms with Gasteiger partial charge in [-0.1, -0.05) is 56.5 Å². The summed E-state index contributed by atoms with van der Waals surface area (Å²) >= 11 is 11.9. The first-order chi connectivity index (χ1) is 14.1. The molecule has 0 saturated heterocycles. The molecule has 0 spiro atoms. The maximum atomic E-state index is 13.0. The number of aromatic amines is 1. The van der Waals surface area contributed by atoms with E-state index in [0.717, 1.165) is 6.42 Å². The molecule has 2 rings (SSSR count). The highest BCUT2D eigenvalue weighted by molar-refractivity contribution is 6.42. The first kappa shape index (κ1) is 23.8. The van der Waals surface area contributed by atoms with E-state index in [1.54, 1.807) is 24.3 Å². The van der Waals surface area contributed by atoms with Crippen LogP contribution in [0.25, 0.3) is 6.08 Å². The zero-order valence-electron chi connectivity index (χ0n) is 17.2. The molecule has 0 atom stereocenters. The number of carbonyl (C=O) groups excluding carboxylic acids is 1. The number of carbonyl (C=O) groups is 1. The van der Waals surface area contributed by atoms with E-state index < -0.39 is 17.2 Å². The molecule has 0 bridgehead atoms. The molecule has 0 aliphatic rings. The van der Waals surface area contributed by atoms with E-state index >= 15 is 0 Å². The first-order valence-electron chi connectivity index (χ1n) is 9.72. The summed E-state index contributed by atoms with van der Waals surface area (Å²) in [5.74, 6) is -0.399. The lowest BCUT2D eigenvalue weighted by Crippen LogP contribution is -2.42. The van der Waals surface area contributed by atoms with Gasteiger partial charge in [0.2, 0.25) is 0 Å². The average molecular weight is 453 g/mol. The molecule has 162 valence electrons.